The number of nitrogens with zero attached hydrogens (tertiary/aromatic N) is 3. The van der Waals surface area contributed by atoms with Gasteiger partial charge in [0.05, 0.1) is 6.54 Å². The fraction of sp³-hybridized carbons (Fsp3) is 0.706. The Bertz CT molecular complexity index is 724. The number of piperidine rings is 1. The van der Waals surface area contributed by atoms with Gasteiger partial charge in [0, 0.05) is 26.2 Å². The van der Waals surface area contributed by atoms with Gasteiger partial charge in [-0.1, -0.05) is 13.3 Å². The van der Waals surface area contributed by atoms with Crippen LogP contribution in [0.25, 0.3) is 0 Å². The molecule has 1 aliphatic heterocycles. The summed E-state index contributed by atoms with van der Waals surface area (Å²) < 4.78 is 1.37. The molecule has 1 amide bonds. The minimum atomic E-state index is -0.558. The van der Waals surface area contributed by atoms with Gasteiger partial charge >= 0.3 is 5.69 Å². The van der Waals surface area contributed by atoms with Crippen LogP contribution >= 0.6 is 0 Å². The third kappa shape index (κ3) is 4.24. The molecule has 1 atom stereocenters. The Labute approximate surface area is 147 Å². The Morgan fingerprint density at radius 2 is 2.08 bits per heavy atom. The first-order valence-electron chi connectivity index (χ1n) is 9.00. The Kier molecular flexibility index (Phi) is 6.27. The number of carbonyl (C=O) groups is 1. The lowest BCUT2D eigenvalue weighted by Crippen LogP contribution is -2.47. The topological polar surface area (TPSA) is 104 Å². The number of anilines is 2. The second kappa shape index (κ2) is 8.22. The predicted molar refractivity (Wildman–Crippen MR) is 98.9 cm³/mol. The van der Waals surface area contributed by atoms with Crippen LogP contribution < -0.4 is 21.9 Å². The first-order valence-corrected chi connectivity index (χ1v) is 9.00. The van der Waals surface area contributed by atoms with Gasteiger partial charge in [0.15, 0.2) is 0 Å². The quantitative estimate of drug-likeness (QED) is 0.787. The third-order valence-corrected chi connectivity index (χ3v) is 4.83. The van der Waals surface area contributed by atoms with E-state index in [4.69, 9.17) is 5.73 Å². The smallest absolute Gasteiger partial charge is 0.330 e. The first kappa shape index (κ1) is 19.1. The van der Waals surface area contributed by atoms with Crippen LogP contribution in [0.4, 0.5) is 11.5 Å². The molecule has 1 aliphatic rings. The molecule has 1 fully saturated rings. The molecule has 0 spiro atoms. The molecule has 8 nitrogen and oxygen atoms in total. The lowest BCUT2D eigenvalue weighted by atomic mass is 10.0. The summed E-state index contributed by atoms with van der Waals surface area (Å²) in [5.41, 5.74) is 5.19. The van der Waals surface area contributed by atoms with Crippen LogP contribution in [0.1, 0.15) is 46.0 Å². The number of aromatic nitrogens is 2. The number of amides is 1. The van der Waals surface area contributed by atoms with Crippen LogP contribution in [0.2, 0.25) is 0 Å². The number of carbonyl (C=O) groups excluding carboxylic acids is 1. The summed E-state index contributed by atoms with van der Waals surface area (Å²) in [5, 5.41) is 0. The van der Waals surface area contributed by atoms with Crippen molar-refractivity contribution in [3.8, 4) is 0 Å². The molecule has 0 bridgehead atoms. The molecule has 2 rings (SSSR count). The van der Waals surface area contributed by atoms with Crippen molar-refractivity contribution in [2.75, 3.05) is 30.8 Å². The number of aromatic amines is 1. The van der Waals surface area contributed by atoms with E-state index in [9.17, 15) is 14.4 Å². The van der Waals surface area contributed by atoms with Crippen LogP contribution in [0.3, 0.4) is 0 Å². The summed E-state index contributed by atoms with van der Waals surface area (Å²) in [7, 11) is 1.65. The first-order chi connectivity index (χ1) is 11.9. The summed E-state index contributed by atoms with van der Waals surface area (Å²) in [6.07, 6.45) is 4.82. The van der Waals surface area contributed by atoms with Crippen LogP contribution in [0.5, 0.6) is 0 Å². The van der Waals surface area contributed by atoms with E-state index in [1.54, 1.807) is 11.9 Å². The van der Waals surface area contributed by atoms with Crippen molar-refractivity contribution in [1.29, 1.82) is 0 Å². The monoisotopic (exact) mass is 351 g/mol. The van der Waals surface area contributed by atoms with E-state index < -0.39 is 11.2 Å². The van der Waals surface area contributed by atoms with Gasteiger partial charge in [0.2, 0.25) is 5.91 Å². The molecule has 0 aliphatic carbocycles. The SMILES string of the molecule is CCCCn1c(N)c(N(C)CC(=O)N2CCCCC2C)c(=O)[nH]c1=O. The average Bonchev–Trinajstić information content (AvgIpc) is 2.54. The highest BCUT2D eigenvalue weighted by molar-refractivity contribution is 5.82. The molecule has 1 saturated heterocycles. The maximum Gasteiger partial charge on any atom is 0.330 e. The molecule has 8 heteroatoms. The summed E-state index contributed by atoms with van der Waals surface area (Å²) >= 11 is 0. The third-order valence-electron chi connectivity index (χ3n) is 4.83. The minimum Gasteiger partial charge on any atom is -0.383 e. The zero-order valence-electron chi connectivity index (χ0n) is 15.4. The van der Waals surface area contributed by atoms with Gasteiger partial charge < -0.3 is 15.5 Å². The standard InChI is InChI=1S/C17H29N5O3/c1-4-5-9-22-15(18)14(16(24)19-17(22)25)20(3)11-13(23)21-10-7-6-8-12(21)2/h12H,4-11,18H2,1-3H3,(H,19,24,25). The Balaban J connectivity index is 2.23. The van der Waals surface area contributed by atoms with E-state index in [1.165, 1.54) is 4.57 Å². The van der Waals surface area contributed by atoms with Gasteiger partial charge in [-0.2, -0.15) is 0 Å². The van der Waals surface area contributed by atoms with Gasteiger partial charge in [-0.25, -0.2) is 4.79 Å². The highest BCUT2D eigenvalue weighted by Gasteiger charge is 2.25. The molecule has 0 saturated carbocycles. The number of likely N-dealkylation sites (N-methyl/N-ethyl adjacent to an activating group) is 1. The second-order valence-electron chi connectivity index (χ2n) is 6.79. The number of hydrogen-bond acceptors (Lipinski definition) is 5. The van der Waals surface area contributed by atoms with Crippen molar-refractivity contribution < 1.29 is 4.79 Å². The van der Waals surface area contributed by atoms with Gasteiger partial charge in [0.25, 0.3) is 5.56 Å². The summed E-state index contributed by atoms with van der Waals surface area (Å²) in [5.74, 6) is 0.0870. The lowest BCUT2D eigenvalue weighted by Gasteiger charge is -2.34. The van der Waals surface area contributed by atoms with E-state index in [1.807, 2.05) is 18.7 Å². The average molecular weight is 351 g/mol. The number of likely N-dealkylation sites (tertiary alicyclic amines) is 1. The highest BCUT2D eigenvalue weighted by Crippen LogP contribution is 2.19. The second-order valence-corrected chi connectivity index (χ2v) is 6.79. The maximum atomic E-state index is 12.6. The number of nitrogen functional groups attached to an aromatic ring is 1. The van der Waals surface area contributed by atoms with Gasteiger partial charge in [0.1, 0.15) is 11.5 Å². The zero-order valence-corrected chi connectivity index (χ0v) is 15.4. The van der Waals surface area contributed by atoms with Crippen molar-refractivity contribution in [1.82, 2.24) is 14.5 Å². The van der Waals surface area contributed by atoms with Crippen LogP contribution in [0.15, 0.2) is 9.59 Å². The van der Waals surface area contributed by atoms with Crippen LogP contribution in [0, 0.1) is 0 Å². The van der Waals surface area contributed by atoms with Crippen molar-refractivity contribution in [2.45, 2.75) is 58.5 Å². The van der Waals surface area contributed by atoms with Gasteiger partial charge in [-0.05, 0) is 32.6 Å². The molecular weight excluding hydrogens is 322 g/mol. The molecular formula is C17H29N5O3. The van der Waals surface area contributed by atoms with Gasteiger partial charge in [-0.3, -0.25) is 19.1 Å². The minimum absolute atomic E-state index is 0.0280. The summed E-state index contributed by atoms with van der Waals surface area (Å²) in [4.78, 5) is 42.5. The fourth-order valence-corrected chi connectivity index (χ4v) is 3.33. The Hall–Kier alpha value is -2.25. The van der Waals surface area contributed by atoms with Gasteiger partial charge in [-0.15, -0.1) is 0 Å². The molecule has 1 aromatic heterocycles. The number of hydrogen-bond donors (Lipinski definition) is 2. The molecule has 1 unspecified atom stereocenters. The lowest BCUT2D eigenvalue weighted by molar-refractivity contribution is -0.132. The fourth-order valence-electron chi connectivity index (χ4n) is 3.33. The van der Waals surface area contributed by atoms with Crippen molar-refractivity contribution in [3.05, 3.63) is 20.8 Å². The molecule has 140 valence electrons. The van der Waals surface area contributed by atoms with E-state index >= 15 is 0 Å². The maximum absolute atomic E-state index is 12.6. The number of nitrogens with two attached hydrogens (primary N) is 1. The summed E-state index contributed by atoms with van der Waals surface area (Å²) in [6, 6.07) is 0.212. The number of unbranched alkanes of at least 4 members (excludes halogenated alkanes) is 1. The molecule has 2 heterocycles. The zero-order chi connectivity index (χ0) is 18.6. The largest absolute Gasteiger partial charge is 0.383 e. The van der Waals surface area contributed by atoms with E-state index in [0.29, 0.717) is 6.54 Å². The summed E-state index contributed by atoms with van der Waals surface area (Å²) in [6.45, 7) is 5.30. The Morgan fingerprint density at radius 3 is 2.72 bits per heavy atom. The van der Waals surface area contributed by atoms with E-state index in [-0.39, 0.29) is 30.0 Å². The van der Waals surface area contributed by atoms with Crippen LogP contribution in [-0.2, 0) is 11.3 Å². The normalized spacial score (nSPS) is 17.6. The van der Waals surface area contributed by atoms with E-state index in [2.05, 4.69) is 4.98 Å². The van der Waals surface area contributed by atoms with Crippen molar-refractivity contribution in [2.24, 2.45) is 0 Å². The molecule has 3 N–H and O–H groups in total. The van der Waals surface area contributed by atoms with Crippen LogP contribution in [-0.4, -0.2) is 46.5 Å². The highest BCUT2D eigenvalue weighted by atomic mass is 16.2. The number of H-pyrrole nitrogens is 1. The van der Waals surface area contributed by atoms with E-state index in [0.717, 1.165) is 38.6 Å². The molecule has 1 aromatic rings. The Morgan fingerprint density at radius 1 is 1.36 bits per heavy atom. The molecule has 0 aromatic carbocycles. The molecule has 25 heavy (non-hydrogen) atoms. The predicted octanol–water partition coefficient (Wildman–Crippen LogP) is 0.756. The van der Waals surface area contributed by atoms with Crippen molar-refractivity contribution in [3.63, 3.8) is 0 Å². The number of rotatable bonds is 6. The molecule has 0 radical (unpaired) electrons. The number of nitrogens with one attached hydrogen (secondary N) is 1. The van der Waals surface area contributed by atoms with Crippen molar-refractivity contribution >= 4 is 17.4 Å².